The number of halogens is 1. The number of ketones is 1. The molecule has 0 bridgehead atoms. The Morgan fingerprint density at radius 3 is 1.16 bits per heavy atom. The van der Waals surface area contributed by atoms with Gasteiger partial charge in [0, 0.05) is 0 Å². The minimum Gasteiger partial charge on any atom is -0.296 e. The third kappa shape index (κ3) is 3.60. The lowest BCUT2D eigenvalue weighted by atomic mass is 9.64. The molecule has 0 aromatic heterocycles. The Morgan fingerprint density at radius 2 is 0.871 bits per heavy atom. The number of hydrogen-bond donors (Lipinski definition) is 0. The Bertz CT molecular complexity index is 1040. The van der Waals surface area contributed by atoms with Crippen molar-refractivity contribution in [1.29, 1.82) is 0 Å². The van der Waals surface area contributed by atoms with Crippen molar-refractivity contribution >= 4 is 17.4 Å². The van der Waals surface area contributed by atoms with Gasteiger partial charge in [-0.15, -0.1) is 11.6 Å². The first-order valence-corrected chi connectivity index (χ1v) is 10.8. The molecule has 2 heteroatoms. The number of Topliss-reactive ketones (excluding diaryl/α,β-unsaturated/α-hetero) is 1. The lowest BCUT2D eigenvalue weighted by Gasteiger charge is -2.40. The molecule has 0 N–H and O–H groups in total. The summed E-state index contributed by atoms with van der Waals surface area (Å²) in [6.07, 6.45) is 0.341. The molecule has 0 aliphatic rings. The van der Waals surface area contributed by atoms with E-state index in [1.807, 2.05) is 121 Å². The molecule has 4 aromatic carbocycles. The summed E-state index contributed by atoms with van der Waals surface area (Å²) in [5.74, 6) is -0.105. The number of benzene rings is 4. The van der Waals surface area contributed by atoms with Gasteiger partial charge in [-0.25, -0.2) is 0 Å². The van der Waals surface area contributed by atoms with Gasteiger partial charge in [-0.3, -0.25) is 4.79 Å². The van der Waals surface area contributed by atoms with Crippen molar-refractivity contribution < 1.29 is 4.79 Å². The number of alkyl halides is 1. The Labute approximate surface area is 189 Å². The minimum atomic E-state index is -1.37. The summed E-state index contributed by atoms with van der Waals surface area (Å²) in [5, 5.41) is 0. The quantitative estimate of drug-likeness (QED) is 0.294. The monoisotopic (exact) mass is 423 g/mol. The molecular weight excluding hydrogens is 400 g/mol. The molecule has 0 amide bonds. The molecule has 31 heavy (non-hydrogen) atoms. The maximum absolute atomic E-state index is 14.7. The van der Waals surface area contributed by atoms with Gasteiger partial charge in [0.25, 0.3) is 0 Å². The molecule has 0 unspecified atom stereocenters. The van der Waals surface area contributed by atoms with Crippen LogP contribution in [0.5, 0.6) is 0 Å². The minimum absolute atomic E-state index is 0.105. The van der Waals surface area contributed by atoms with Crippen LogP contribution in [0.2, 0.25) is 0 Å². The zero-order valence-electron chi connectivity index (χ0n) is 17.2. The molecule has 0 heterocycles. The first-order valence-electron chi connectivity index (χ1n) is 10.4. The van der Waals surface area contributed by atoms with Gasteiger partial charge >= 0.3 is 0 Å². The topological polar surface area (TPSA) is 17.1 Å². The summed E-state index contributed by atoms with van der Waals surface area (Å²) >= 11 is 7.43. The van der Waals surface area contributed by atoms with E-state index in [9.17, 15) is 4.79 Å². The van der Waals surface area contributed by atoms with Crippen LogP contribution in [-0.4, -0.2) is 5.78 Å². The van der Waals surface area contributed by atoms with Crippen LogP contribution >= 0.6 is 11.6 Å². The van der Waals surface area contributed by atoms with Crippen molar-refractivity contribution in [2.24, 2.45) is 0 Å². The van der Waals surface area contributed by atoms with Crippen molar-refractivity contribution in [3.8, 4) is 0 Å². The lowest BCUT2D eigenvalue weighted by Crippen LogP contribution is -2.47. The van der Waals surface area contributed by atoms with E-state index >= 15 is 0 Å². The summed E-state index contributed by atoms with van der Waals surface area (Å²) < 4.78 is 0. The van der Waals surface area contributed by atoms with Crippen LogP contribution in [0.3, 0.4) is 0 Å². The maximum atomic E-state index is 14.7. The molecule has 0 atom stereocenters. The molecule has 0 saturated heterocycles. The number of rotatable bonds is 7. The number of hydrogen-bond acceptors (Lipinski definition) is 1. The first-order chi connectivity index (χ1) is 15.1. The van der Waals surface area contributed by atoms with Crippen molar-refractivity contribution in [2.75, 3.05) is 0 Å². The summed E-state index contributed by atoms with van der Waals surface area (Å²) in [6.45, 7) is 4.25. The van der Waals surface area contributed by atoms with Crippen LogP contribution in [0.4, 0.5) is 0 Å². The van der Waals surface area contributed by atoms with Gasteiger partial charge in [0.05, 0.1) is 5.41 Å². The van der Waals surface area contributed by atoms with Gasteiger partial charge in [0.1, 0.15) is 0 Å². The predicted octanol–water partition coefficient (Wildman–Crippen LogP) is 6.95. The Kier molecular flexibility index (Phi) is 6.06. The molecule has 4 aromatic rings. The van der Waals surface area contributed by atoms with E-state index in [1.54, 1.807) is 0 Å². The lowest BCUT2D eigenvalue weighted by molar-refractivity contribution is -0.125. The van der Waals surface area contributed by atoms with E-state index < -0.39 is 10.3 Å². The van der Waals surface area contributed by atoms with Crippen molar-refractivity contribution in [3.05, 3.63) is 151 Å². The highest BCUT2D eigenvalue weighted by Gasteiger charge is 2.52. The summed E-state index contributed by atoms with van der Waals surface area (Å²) in [4.78, 5) is 13.4. The van der Waals surface area contributed by atoms with Crippen molar-refractivity contribution in [2.45, 2.75) is 16.7 Å². The van der Waals surface area contributed by atoms with E-state index in [0.29, 0.717) is 6.42 Å². The SMILES string of the molecule is [CH2]CC(C(=O)C(Cl)(c1ccccc1)c1ccccc1)(c1ccccc1)c1ccccc1. The highest BCUT2D eigenvalue weighted by atomic mass is 35.5. The van der Waals surface area contributed by atoms with Gasteiger partial charge in [-0.05, 0) is 28.7 Å². The van der Waals surface area contributed by atoms with Gasteiger partial charge in [0.2, 0.25) is 0 Å². The summed E-state index contributed by atoms with van der Waals surface area (Å²) in [6, 6.07) is 38.9. The van der Waals surface area contributed by atoms with Crippen LogP contribution in [0.15, 0.2) is 121 Å². The molecule has 0 spiro atoms. The normalized spacial score (nSPS) is 11.8. The standard InChI is InChI=1S/C29H24ClO/c1-2-28(23-15-7-3-8-16-23,24-17-9-4-10-18-24)27(31)29(30,25-19-11-5-12-20-25)26-21-13-6-14-22-26/h3-22H,1-2H2. The summed E-state index contributed by atoms with van der Waals surface area (Å²) in [7, 11) is 0. The number of carbonyl (C=O) groups is 1. The Morgan fingerprint density at radius 1 is 0.581 bits per heavy atom. The molecule has 4 rings (SSSR count). The zero-order valence-corrected chi connectivity index (χ0v) is 18.0. The fraction of sp³-hybridized carbons (Fsp3) is 0.103. The molecule has 153 valence electrons. The fourth-order valence-electron chi connectivity index (χ4n) is 4.33. The molecule has 1 radical (unpaired) electrons. The Balaban J connectivity index is 2.03. The Hall–Kier alpha value is -3.16. The van der Waals surface area contributed by atoms with E-state index in [4.69, 9.17) is 11.6 Å². The second kappa shape index (κ2) is 8.91. The van der Waals surface area contributed by atoms with E-state index in [-0.39, 0.29) is 5.78 Å². The second-order valence-electron chi connectivity index (χ2n) is 7.61. The van der Waals surface area contributed by atoms with Crippen LogP contribution in [0.1, 0.15) is 28.7 Å². The fourth-order valence-corrected chi connectivity index (χ4v) is 4.75. The highest BCUT2D eigenvalue weighted by molar-refractivity contribution is 6.39. The third-order valence-electron chi connectivity index (χ3n) is 5.95. The van der Waals surface area contributed by atoms with Crippen molar-refractivity contribution in [1.82, 2.24) is 0 Å². The predicted molar refractivity (Wildman–Crippen MR) is 128 cm³/mol. The smallest absolute Gasteiger partial charge is 0.177 e. The van der Waals surface area contributed by atoms with Gasteiger partial charge in [0.15, 0.2) is 10.7 Å². The van der Waals surface area contributed by atoms with Crippen LogP contribution in [-0.2, 0) is 15.1 Å². The molecule has 0 aliphatic carbocycles. The molecule has 0 aliphatic heterocycles. The van der Waals surface area contributed by atoms with Crippen LogP contribution in [0.25, 0.3) is 0 Å². The molecule has 1 nitrogen and oxygen atoms in total. The van der Waals surface area contributed by atoms with Crippen LogP contribution in [0, 0.1) is 6.92 Å². The van der Waals surface area contributed by atoms with E-state index in [1.165, 1.54) is 0 Å². The first kappa shape index (κ1) is 21.1. The maximum Gasteiger partial charge on any atom is 0.177 e. The van der Waals surface area contributed by atoms with Crippen LogP contribution < -0.4 is 0 Å². The molecular formula is C29H24ClO. The largest absolute Gasteiger partial charge is 0.296 e. The molecule has 0 fully saturated rings. The number of carbonyl (C=O) groups excluding carboxylic acids is 1. The van der Waals surface area contributed by atoms with Gasteiger partial charge in [-0.2, -0.15) is 0 Å². The average molecular weight is 424 g/mol. The third-order valence-corrected chi connectivity index (χ3v) is 6.56. The zero-order chi connectivity index (χ0) is 21.7. The van der Waals surface area contributed by atoms with Gasteiger partial charge in [-0.1, -0.05) is 128 Å². The summed E-state index contributed by atoms with van der Waals surface area (Å²) in [5.41, 5.74) is 2.27. The average Bonchev–Trinajstić information content (AvgIpc) is 2.86. The highest BCUT2D eigenvalue weighted by Crippen LogP contribution is 2.48. The van der Waals surface area contributed by atoms with E-state index in [2.05, 4.69) is 6.92 Å². The van der Waals surface area contributed by atoms with E-state index in [0.717, 1.165) is 22.3 Å². The van der Waals surface area contributed by atoms with Crippen molar-refractivity contribution in [3.63, 3.8) is 0 Å². The molecule has 0 saturated carbocycles. The van der Waals surface area contributed by atoms with Gasteiger partial charge < -0.3 is 0 Å². The second-order valence-corrected chi connectivity index (χ2v) is 8.17.